The molecule has 0 saturated heterocycles. The fourth-order valence-electron chi connectivity index (χ4n) is 2.22. The van der Waals surface area contributed by atoms with Gasteiger partial charge in [-0.3, -0.25) is 4.98 Å². The molecule has 1 N–H and O–H groups in total. The minimum absolute atomic E-state index is 0.791. The lowest BCUT2D eigenvalue weighted by atomic mass is 10.3. The summed E-state index contributed by atoms with van der Waals surface area (Å²) < 4.78 is 2.18. The van der Waals surface area contributed by atoms with Crippen molar-refractivity contribution >= 4 is 11.6 Å². The highest BCUT2D eigenvalue weighted by Crippen LogP contribution is 2.18. The predicted octanol–water partition coefficient (Wildman–Crippen LogP) is 1.52. The standard InChI is InChI=1S/C13H18N6/c1-2-3-15-11-8-14-9-12(17-11)19-7-6-18-5-4-16-13(18)10-19/h4-5,8-9H,2-3,6-7,10H2,1H3,(H,15,17). The van der Waals surface area contributed by atoms with Crippen molar-refractivity contribution in [2.45, 2.75) is 26.4 Å². The second kappa shape index (κ2) is 5.26. The van der Waals surface area contributed by atoms with Gasteiger partial charge < -0.3 is 14.8 Å². The zero-order valence-corrected chi connectivity index (χ0v) is 11.1. The second-order valence-corrected chi connectivity index (χ2v) is 4.65. The summed E-state index contributed by atoms with van der Waals surface area (Å²) in [6.07, 6.45) is 8.54. The zero-order valence-electron chi connectivity index (χ0n) is 11.1. The summed E-state index contributed by atoms with van der Waals surface area (Å²) in [6.45, 7) is 5.73. The van der Waals surface area contributed by atoms with Crippen LogP contribution in [-0.4, -0.2) is 32.6 Å². The minimum Gasteiger partial charge on any atom is -0.369 e. The molecule has 0 amide bonds. The summed E-state index contributed by atoms with van der Waals surface area (Å²) in [6, 6.07) is 0. The third-order valence-electron chi connectivity index (χ3n) is 3.25. The molecule has 0 saturated carbocycles. The summed E-state index contributed by atoms with van der Waals surface area (Å²) in [4.78, 5) is 15.4. The second-order valence-electron chi connectivity index (χ2n) is 4.65. The Hall–Kier alpha value is -2.11. The molecular formula is C13H18N6. The van der Waals surface area contributed by atoms with Crippen LogP contribution in [0.3, 0.4) is 0 Å². The Morgan fingerprint density at radius 1 is 1.32 bits per heavy atom. The molecule has 1 aliphatic rings. The molecule has 0 aliphatic carbocycles. The molecule has 0 bridgehead atoms. The number of anilines is 2. The molecule has 3 rings (SSSR count). The van der Waals surface area contributed by atoms with E-state index in [0.29, 0.717) is 0 Å². The molecule has 19 heavy (non-hydrogen) atoms. The summed E-state index contributed by atoms with van der Waals surface area (Å²) >= 11 is 0. The van der Waals surface area contributed by atoms with Gasteiger partial charge in [0.15, 0.2) is 0 Å². The number of imidazole rings is 1. The van der Waals surface area contributed by atoms with Crippen LogP contribution in [0.4, 0.5) is 11.6 Å². The first-order valence-corrected chi connectivity index (χ1v) is 6.67. The third-order valence-corrected chi connectivity index (χ3v) is 3.25. The summed E-state index contributed by atoms with van der Waals surface area (Å²) in [7, 11) is 0. The van der Waals surface area contributed by atoms with E-state index >= 15 is 0 Å². The SMILES string of the molecule is CCCNc1cncc(N2CCn3ccnc3C2)n1. The first-order chi connectivity index (χ1) is 9.36. The molecule has 0 fully saturated rings. The van der Waals surface area contributed by atoms with Crippen LogP contribution >= 0.6 is 0 Å². The lowest BCUT2D eigenvalue weighted by Crippen LogP contribution is -2.34. The number of aromatic nitrogens is 4. The summed E-state index contributed by atoms with van der Waals surface area (Å²) in [5, 5.41) is 3.27. The number of fused-ring (bicyclic) bond motifs is 1. The van der Waals surface area contributed by atoms with Crippen LogP contribution in [0, 0.1) is 0 Å². The molecule has 3 heterocycles. The van der Waals surface area contributed by atoms with E-state index in [9.17, 15) is 0 Å². The molecule has 0 spiro atoms. The van der Waals surface area contributed by atoms with E-state index < -0.39 is 0 Å². The van der Waals surface area contributed by atoms with Gasteiger partial charge in [0, 0.05) is 32.0 Å². The van der Waals surface area contributed by atoms with Gasteiger partial charge in [-0.25, -0.2) is 9.97 Å². The monoisotopic (exact) mass is 258 g/mol. The normalized spacial score (nSPS) is 14.3. The Kier molecular flexibility index (Phi) is 3.31. The Morgan fingerprint density at radius 3 is 3.16 bits per heavy atom. The van der Waals surface area contributed by atoms with E-state index in [1.165, 1.54) is 0 Å². The maximum Gasteiger partial charge on any atom is 0.150 e. The van der Waals surface area contributed by atoms with E-state index in [0.717, 1.165) is 50.1 Å². The molecule has 2 aromatic heterocycles. The van der Waals surface area contributed by atoms with Crippen LogP contribution in [0.5, 0.6) is 0 Å². The average Bonchev–Trinajstić information content (AvgIpc) is 2.92. The molecule has 6 nitrogen and oxygen atoms in total. The topological polar surface area (TPSA) is 58.9 Å². The van der Waals surface area contributed by atoms with Crippen LogP contribution in [0.25, 0.3) is 0 Å². The maximum atomic E-state index is 4.61. The average molecular weight is 258 g/mol. The van der Waals surface area contributed by atoms with E-state index in [1.54, 1.807) is 6.20 Å². The first-order valence-electron chi connectivity index (χ1n) is 6.67. The van der Waals surface area contributed by atoms with Crippen molar-refractivity contribution in [3.05, 3.63) is 30.6 Å². The van der Waals surface area contributed by atoms with Gasteiger partial charge in [0.05, 0.1) is 18.9 Å². The smallest absolute Gasteiger partial charge is 0.150 e. The van der Waals surface area contributed by atoms with E-state index in [4.69, 9.17) is 0 Å². The van der Waals surface area contributed by atoms with Gasteiger partial charge in [-0.15, -0.1) is 0 Å². The van der Waals surface area contributed by atoms with Crippen molar-refractivity contribution in [1.82, 2.24) is 19.5 Å². The number of rotatable bonds is 4. The van der Waals surface area contributed by atoms with Gasteiger partial charge in [-0.1, -0.05) is 6.92 Å². The molecule has 1 aliphatic heterocycles. The van der Waals surface area contributed by atoms with Gasteiger partial charge in [0.25, 0.3) is 0 Å². The van der Waals surface area contributed by atoms with Crippen LogP contribution < -0.4 is 10.2 Å². The fourth-order valence-corrected chi connectivity index (χ4v) is 2.22. The maximum absolute atomic E-state index is 4.61. The quantitative estimate of drug-likeness (QED) is 0.901. The van der Waals surface area contributed by atoms with E-state index in [2.05, 4.69) is 36.7 Å². The number of nitrogens with zero attached hydrogens (tertiary/aromatic N) is 5. The molecule has 0 aromatic carbocycles. The van der Waals surface area contributed by atoms with Gasteiger partial charge >= 0.3 is 0 Å². The highest BCUT2D eigenvalue weighted by atomic mass is 15.3. The lowest BCUT2D eigenvalue weighted by molar-refractivity contribution is 0.555. The zero-order chi connectivity index (χ0) is 13.1. The van der Waals surface area contributed by atoms with Crippen LogP contribution in [-0.2, 0) is 13.1 Å². The largest absolute Gasteiger partial charge is 0.369 e. The van der Waals surface area contributed by atoms with Crippen LogP contribution in [0.1, 0.15) is 19.2 Å². The number of nitrogens with one attached hydrogen (secondary N) is 1. The highest BCUT2D eigenvalue weighted by molar-refractivity contribution is 5.44. The molecule has 0 radical (unpaired) electrons. The predicted molar refractivity (Wildman–Crippen MR) is 74.1 cm³/mol. The Morgan fingerprint density at radius 2 is 2.26 bits per heavy atom. The molecule has 0 unspecified atom stereocenters. The van der Waals surface area contributed by atoms with Crippen molar-refractivity contribution in [2.75, 3.05) is 23.3 Å². The van der Waals surface area contributed by atoms with Crippen molar-refractivity contribution < 1.29 is 0 Å². The van der Waals surface area contributed by atoms with Crippen LogP contribution in [0.2, 0.25) is 0 Å². The fraction of sp³-hybridized carbons (Fsp3) is 0.462. The summed E-state index contributed by atoms with van der Waals surface area (Å²) in [5.41, 5.74) is 0. The number of hydrogen-bond donors (Lipinski definition) is 1. The molecule has 2 aromatic rings. The lowest BCUT2D eigenvalue weighted by Gasteiger charge is -2.28. The first kappa shape index (κ1) is 12.0. The van der Waals surface area contributed by atoms with Crippen molar-refractivity contribution in [3.63, 3.8) is 0 Å². The Balaban J connectivity index is 1.76. The Bertz CT molecular complexity index is 550. The van der Waals surface area contributed by atoms with Crippen molar-refractivity contribution in [3.8, 4) is 0 Å². The van der Waals surface area contributed by atoms with E-state index in [1.807, 2.05) is 18.6 Å². The number of hydrogen-bond acceptors (Lipinski definition) is 5. The highest BCUT2D eigenvalue weighted by Gasteiger charge is 2.18. The van der Waals surface area contributed by atoms with Crippen LogP contribution in [0.15, 0.2) is 24.8 Å². The minimum atomic E-state index is 0.791. The van der Waals surface area contributed by atoms with Gasteiger partial charge in [-0.05, 0) is 6.42 Å². The Labute approximate surface area is 112 Å². The van der Waals surface area contributed by atoms with E-state index in [-0.39, 0.29) is 0 Å². The van der Waals surface area contributed by atoms with Gasteiger partial charge in [0.2, 0.25) is 0 Å². The molecular weight excluding hydrogens is 240 g/mol. The summed E-state index contributed by atoms with van der Waals surface area (Å²) in [5.74, 6) is 2.84. The van der Waals surface area contributed by atoms with Gasteiger partial charge in [0.1, 0.15) is 17.5 Å². The van der Waals surface area contributed by atoms with Crippen molar-refractivity contribution in [1.29, 1.82) is 0 Å². The third kappa shape index (κ3) is 2.52. The van der Waals surface area contributed by atoms with Crippen molar-refractivity contribution in [2.24, 2.45) is 0 Å². The van der Waals surface area contributed by atoms with Gasteiger partial charge in [-0.2, -0.15) is 0 Å². The molecule has 100 valence electrons. The molecule has 6 heteroatoms. The molecule has 0 atom stereocenters.